The van der Waals surface area contributed by atoms with Gasteiger partial charge in [0.05, 0.1) is 0 Å². The van der Waals surface area contributed by atoms with Crippen LogP contribution in [-0.4, -0.2) is 12.1 Å². The van der Waals surface area contributed by atoms with Gasteiger partial charge in [-0.3, -0.25) is 0 Å². The van der Waals surface area contributed by atoms with Crippen molar-refractivity contribution < 1.29 is 0 Å². The maximum absolute atomic E-state index is 3.62. The summed E-state index contributed by atoms with van der Waals surface area (Å²) in [5, 5.41) is 3.62. The summed E-state index contributed by atoms with van der Waals surface area (Å²) in [6.45, 7) is 12.3. The lowest BCUT2D eigenvalue weighted by Crippen LogP contribution is -2.37. The Morgan fingerprint density at radius 1 is 1.24 bits per heavy atom. The molecule has 0 bridgehead atoms. The lowest BCUT2D eigenvalue weighted by molar-refractivity contribution is 0.414. The summed E-state index contributed by atoms with van der Waals surface area (Å²) in [5.74, 6) is 1.64. The van der Waals surface area contributed by atoms with Gasteiger partial charge in [0.2, 0.25) is 0 Å². The van der Waals surface area contributed by atoms with Crippen molar-refractivity contribution >= 4 is 0 Å². The van der Waals surface area contributed by atoms with E-state index < -0.39 is 0 Å². The lowest BCUT2D eigenvalue weighted by Gasteiger charge is -2.20. The second-order valence-electron chi connectivity index (χ2n) is 6.52. The largest absolute Gasteiger partial charge is 0.312 e. The van der Waals surface area contributed by atoms with Crippen LogP contribution in [0.5, 0.6) is 0 Å². The Morgan fingerprint density at radius 3 is 2.59 bits per heavy atom. The van der Waals surface area contributed by atoms with E-state index in [1.165, 1.54) is 17.5 Å². The summed E-state index contributed by atoms with van der Waals surface area (Å²) in [6, 6.07) is 6.72. The molecule has 0 radical (unpaired) electrons. The molecule has 2 atom stereocenters. The smallest absolute Gasteiger partial charge is 0.00966 e. The van der Waals surface area contributed by atoms with Gasteiger partial charge in [-0.1, -0.05) is 18.2 Å². The third-order valence-electron chi connectivity index (χ3n) is 3.86. The number of rotatable bonds is 3. The highest BCUT2D eigenvalue weighted by atomic mass is 15.0. The lowest BCUT2D eigenvalue weighted by atomic mass is 9.99. The van der Waals surface area contributed by atoms with E-state index >= 15 is 0 Å². The first kappa shape index (κ1) is 12.6. The first-order valence-corrected chi connectivity index (χ1v) is 6.69. The van der Waals surface area contributed by atoms with Crippen LogP contribution in [-0.2, 0) is 0 Å². The molecule has 0 amide bonds. The molecule has 1 aliphatic carbocycles. The second-order valence-corrected chi connectivity index (χ2v) is 6.52. The molecule has 1 saturated carbocycles. The van der Waals surface area contributed by atoms with Gasteiger partial charge in [-0.15, -0.1) is 0 Å². The molecular formula is C16H25N. The van der Waals surface area contributed by atoms with Crippen LogP contribution >= 0.6 is 0 Å². The highest BCUT2D eigenvalue weighted by Crippen LogP contribution is 2.48. The monoisotopic (exact) mass is 231 g/mol. The van der Waals surface area contributed by atoms with Crippen LogP contribution in [0.2, 0.25) is 0 Å². The zero-order valence-corrected chi connectivity index (χ0v) is 11.8. The Morgan fingerprint density at radius 2 is 1.94 bits per heavy atom. The van der Waals surface area contributed by atoms with E-state index in [4.69, 9.17) is 0 Å². The minimum Gasteiger partial charge on any atom is -0.312 e. The van der Waals surface area contributed by atoms with E-state index in [0.29, 0.717) is 0 Å². The molecule has 1 N–H and O–H groups in total. The molecule has 94 valence electrons. The van der Waals surface area contributed by atoms with E-state index in [1.807, 2.05) is 0 Å². The van der Waals surface area contributed by atoms with E-state index in [2.05, 4.69) is 58.1 Å². The summed E-state index contributed by atoms with van der Waals surface area (Å²) in [4.78, 5) is 0. The Hall–Kier alpha value is -0.820. The van der Waals surface area contributed by atoms with Gasteiger partial charge in [0.25, 0.3) is 0 Å². The summed E-state index contributed by atoms with van der Waals surface area (Å²) in [7, 11) is 0. The first-order valence-electron chi connectivity index (χ1n) is 6.69. The van der Waals surface area contributed by atoms with Crippen LogP contribution in [0.25, 0.3) is 0 Å². The van der Waals surface area contributed by atoms with Gasteiger partial charge in [0, 0.05) is 5.54 Å². The Balaban J connectivity index is 1.96. The van der Waals surface area contributed by atoms with Crippen molar-refractivity contribution in [1.82, 2.24) is 5.32 Å². The SMILES string of the molecule is Cc1cccc(C2CC2CNC(C)(C)C)c1C. The van der Waals surface area contributed by atoms with Gasteiger partial charge >= 0.3 is 0 Å². The van der Waals surface area contributed by atoms with Crippen LogP contribution in [0.3, 0.4) is 0 Å². The van der Waals surface area contributed by atoms with Crippen LogP contribution in [0.4, 0.5) is 0 Å². The summed E-state index contributed by atoms with van der Waals surface area (Å²) < 4.78 is 0. The van der Waals surface area contributed by atoms with Crippen LogP contribution in [0, 0.1) is 19.8 Å². The molecule has 2 rings (SSSR count). The number of hydrogen-bond acceptors (Lipinski definition) is 1. The molecular weight excluding hydrogens is 206 g/mol. The highest BCUT2D eigenvalue weighted by Gasteiger charge is 2.39. The maximum Gasteiger partial charge on any atom is 0.00966 e. The zero-order valence-electron chi connectivity index (χ0n) is 11.8. The molecule has 0 saturated heterocycles. The Kier molecular flexibility index (Phi) is 3.31. The minimum atomic E-state index is 0.245. The van der Waals surface area contributed by atoms with Gasteiger partial charge in [-0.2, -0.15) is 0 Å². The van der Waals surface area contributed by atoms with Gasteiger partial charge in [-0.05, 0) is 76.1 Å². The average molecular weight is 231 g/mol. The van der Waals surface area contributed by atoms with Gasteiger partial charge in [0.1, 0.15) is 0 Å². The van der Waals surface area contributed by atoms with E-state index in [1.54, 1.807) is 5.56 Å². The van der Waals surface area contributed by atoms with Crippen molar-refractivity contribution in [2.45, 2.75) is 52.5 Å². The number of benzene rings is 1. The van der Waals surface area contributed by atoms with E-state index in [-0.39, 0.29) is 5.54 Å². The highest BCUT2D eigenvalue weighted by molar-refractivity contribution is 5.38. The molecule has 1 heteroatoms. The quantitative estimate of drug-likeness (QED) is 0.834. The Bertz CT molecular complexity index is 400. The number of aryl methyl sites for hydroxylation is 1. The van der Waals surface area contributed by atoms with Crippen LogP contribution < -0.4 is 5.32 Å². The average Bonchev–Trinajstić information content (AvgIpc) is 2.97. The molecule has 0 aromatic heterocycles. The molecule has 1 nitrogen and oxygen atoms in total. The van der Waals surface area contributed by atoms with Crippen molar-refractivity contribution in [2.24, 2.45) is 5.92 Å². The third-order valence-corrected chi connectivity index (χ3v) is 3.86. The van der Waals surface area contributed by atoms with Gasteiger partial charge < -0.3 is 5.32 Å². The fourth-order valence-corrected chi connectivity index (χ4v) is 2.47. The predicted octanol–water partition coefficient (Wildman–Crippen LogP) is 3.80. The fraction of sp³-hybridized carbons (Fsp3) is 0.625. The number of hydrogen-bond donors (Lipinski definition) is 1. The molecule has 0 heterocycles. The molecule has 1 aromatic carbocycles. The maximum atomic E-state index is 3.62. The number of nitrogens with one attached hydrogen (secondary N) is 1. The normalized spacial score (nSPS) is 23.8. The summed E-state index contributed by atoms with van der Waals surface area (Å²) in [5.41, 5.74) is 4.74. The summed E-state index contributed by atoms with van der Waals surface area (Å²) in [6.07, 6.45) is 1.35. The molecule has 17 heavy (non-hydrogen) atoms. The van der Waals surface area contributed by atoms with Crippen LogP contribution in [0.1, 0.15) is 49.8 Å². The molecule has 1 fully saturated rings. The van der Waals surface area contributed by atoms with Crippen molar-refractivity contribution in [3.05, 3.63) is 34.9 Å². The Labute approximate surface area is 106 Å². The van der Waals surface area contributed by atoms with Crippen molar-refractivity contribution in [3.63, 3.8) is 0 Å². The topological polar surface area (TPSA) is 12.0 Å². The molecule has 2 unspecified atom stereocenters. The first-order chi connectivity index (χ1) is 7.88. The fourth-order valence-electron chi connectivity index (χ4n) is 2.47. The summed E-state index contributed by atoms with van der Waals surface area (Å²) >= 11 is 0. The molecule has 1 aliphatic rings. The van der Waals surface area contributed by atoms with Gasteiger partial charge in [0.15, 0.2) is 0 Å². The minimum absolute atomic E-state index is 0.245. The van der Waals surface area contributed by atoms with Crippen molar-refractivity contribution in [2.75, 3.05) is 6.54 Å². The second kappa shape index (κ2) is 4.45. The molecule has 1 aromatic rings. The predicted molar refractivity (Wildman–Crippen MR) is 74.5 cm³/mol. The van der Waals surface area contributed by atoms with Crippen molar-refractivity contribution in [1.29, 1.82) is 0 Å². The van der Waals surface area contributed by atoms with E-state index in [0.717, 1.165) is 18.4 Å². The van der Waals surface area contributed by atoms with Gasteiger partial charge in [-0.25, -0.2) is 0 Å². The molecule has 0 spiro atoms. The van der Waals surface area contributed by atoms with E-state index in [9.17, 15) is 0 Å². The standard InChI is InChI=1S/C16H25N/c1-11-7-6-8-14(12(11)2)15-9-13(15)10-17-16(3,4)5/h6-8,13,15,17H,9-10H2,1-5H3. The zero-order chi connectivity index (χ0) is 12.6. The van der Waals surface area contributed by atoms with Crippen LogP contribution in [0.15, 0.2) is 18.2 Å². The van der Waals surface area contributed by atoms with Crippen molar-refractivity contribution in [3.8, 4) is 0 Å². The third kappa shape index (κ3) is 3.10. The molecule has 0 aliphatic heterocycles.